The molecule has 0 aromatic heterocycles. The lowest BCUT2D eigenvalue weighted by Crippen LogP contribution is -2.51. The van der Waals surface area contributed by atoms with Crippen LogP contribution in [0, 0.1) is 92.7 Å². The number of hydrogen-bond acceptors (Lipinski definition) is 4. The van der Waals surface area contributed by atoms with Gasteiger partial charge in [0.15, 0.2) is 0 Å². The summed E-state index contributed by atoms with van der Waals surface area (Å²) in [6, 6.07) is 0. The highest BCUT2D eigenvalue weighted by Crippen LogP contribution is 2.69. The summed E-state index contributed by atoms with van der Waals surface area (Å²) in [4.78, 5) is 26.2. The zero-order valence-corrected chi connectivity index (χ0v) is 45.4. The van der Waals surface area contributed by atoms with Crippen molar-refractivity contribution in [2.75, 3.05) is 0 Å². The molecule has 16 atom stereocenters. The molecule has 0 aliphatic heterocycles. The van der Waals surface area contributed by atoms with E-state index in [0.717, 1.165) is 129 Å². The van der Waals surface area contributed by atoms with E-state index in [9.17, 15) is 9.59 Å². The Morgan fingerprint density at radius 2 is 0.896 bits per heavy atom. The van der Waals surface area contributed by atoms with E-state index in [0.29, 0.717) is 34.5 Å². The van der Waals surface area contributed by atoms with Crippen LogP contribution < -0.4 is 0 Å². The molecule has 4 nitrogen and oxygen atoms in total. The normalized spacial score (nSPS) is 40.9. The van der Waals surface area contributed by atoms with E-state index in [1.54, 1.807) is 11.1 Å². The molecule has 380 valence electrons. The molecular formula is C63H104O4. The fraction of sp³-hybridized carbons (Fsp3) is 0.905. The summed E-state index contributed by atoms with van der Waals surface area (Å²) in [7, 11) is 0. The Hall–Kier alpha value is -1.58. The maximum atomic E-state index is 13.1. The van der Waals surface area contributed by atoms with Gasteiger partial charge >= 0.3 is 11.9 Å². The van der Waals surface area contributed by atoms with E-state index in [2.05, 4.69) is 81.4 Å². The molecule has 6 fully saturated rings. The smallest absolute Gasteiger partial charge is 0.306 e. The van der Waals surface area contributed by atoms with Crippen molar-refractivity contribution < 1.29 is 19.1 Å². The van der Waals surface area contributed by atoms with Crippen LogP contribution in [-0.4, -0.2) is 24.1 Å². The summed E-state index contributed by atoms with van der Waals surface area (Å²) >= 11 is 0. The summed E-state index contributed by atoms with van der Waals surface area (Å²) in [6.07, 6.45) is 39.9. The Bertz CT molecular complexity index is 1620. The number of hydrogen-bond donors (Lipinski definition) is 0. The predicted octanol–water partition coefficient (Wildman–Crippen LogP) is 17.6. The highest BCUT2D eigenvalue weighted by atomic mass is 16.5. The van der Waals surface area contributed by atoms with Crippen molar-refractivity contribution in [1.29, 1.82) is 0 Å². The molecule has 8 aliphatic carbocycles. The SMILES string of the molecule is CC(C)CCC[C@@H](C)[C@H]1CC[C@H]2[C@@H]3CC=C4C[C@@H](OC(=O)CCCCCCCC(=O)O[C@H]5CC[C@@]6(C)C(=CC[C@H]7[C@@H]8CC[C@H]([C@H](C)CCCC(C)C)[C@@]8(C)CC[C@@H]76)C5)CC[C@]4(C)[C@H]3CC[C@]12C. The second-order valence-electron chi connectivity index (χ2n) is 27.6. The van der Waals surface area contributed by atoms with Gasteiger partial charge < -0.3 is 9.47 Å². The highest BCUT2D eigenvalue weighted by Gasteiger charge is 2.61. The van der Waals surface area contributed by atoms with Crippen LogP contribution in [0.1, 0.15) is 255 Å². The second kappa shape index (κ2) is 21.6. The molecule has 8 aliphatic rings. The molecule has 0 aromatic rings. The van der Waals surface area contributed by atoms with Crippen molar-refractivity contribution >= 4 is 11.9 Å². The van der Waals surface area contributed by atoms with Gasteiger partial charge in [0.25, 0.3) is 0 Å². The minimum Gasteiger partial charge on any atom is -0.462 e. The van der Waals surface area contributed by atoms with Gasteiger partial charge in [-0.25, -0.2) is 0 Å². The predicted molar refractivity (Wildman–Crippen MR) is 278 cm³/mol. The quantitative estimate of drug-likeness (QED) is 0.0693. The summed E-state index contributed by atoms with van der Waals surface area (Å²) < 4.78 is 12.4. The zero-order valence-electron chi connectivity index (χ0n) is 45.4. The molecule has 4 heteroatoms. The Kier molecular flexibility index (Phi) is 16.7. The first kappa shape index (κ1) is 51.8. The molecule has 0 heterocycles. The third kappa shape index (κ3) is 10.8. The van der Waals surface area contributed by atoms with Crippen molar-refractivity contribution in [3.05, 3.63) is 23.3 Å². The lowest BCUT2D eigenvalue weighted by molar-refractivity contribution is -0.152. The lowest BCUT2D eigenvalue weighted by atomic mass is 9.47. The van der Waals surface area contributed by atoms with Crippen molar-refractivity contribution in [2.45, 2.75) is 268 Å². The number of esters is 2. The van der Waals surface area contributed by atoms with Gasteiger partial charge in [0.05, 0.1) is 0 Å². The van der Waals surface area contributed by atoms with E-state index in [-0.39, 0.29) is 24.1 Å². The minimum atomic E-state index is -0.00160. The standard InChI is InChI=1S/C63H104O4/c1-42(2)18-16-20-44(5)52-28-30-54-50-26-24-46-40-48(32-36-60(46,7)56(50)34-38-62(52,54)9)66-58(64)22-14-12-11-13-15-23-59(65)67-49-33-37-61(8)47(41-49)25-27-51-55-31-29-53(45(6)21-17-19-43(3)4)63(55,10)39-35-57(51)61/h24-25,42-45,48-57H,11-23,26-41H2,1-10H3/t44-,45-,48+,49+,50+,51+,52-,53-,54+,55+,56+,57+,60+,61+,62-,63-/m1/s1. The summed E-state index contributed by atoms with van der Waals surface area (Å²) in [5.41, 5.74) is 4.86. The Morgan fingerprint density at radius 3 is 1.30 bits per heavy atom. The van der Waals surface area contributed by atoms with Crippen LogP contribution >= 0.6 is 0 Å². The van der Waals surface area contributed by atoms with Gasteiger partial charge in [-0.2, -0.15) is 0 Å². The third-order valence-corrected chi connectivity index (χ3v) is 22.9. The molecule has 67 heavy (non-hydrogen) atoms. The first-order chi connectivity index (χ1) is 32.0. The van der Waals surface area contributed by atoms with E-state index in [4.69, 9.17) is 9.47 Å². The Balaban J connectivity index is 0.703. The Morgan fingerprint density at radius 1 is 0.493 bits per heavy atom. The highest BCUT2D eigenvalue weighted by molar-refractivity contribution is 5.70. The number of unbranched alkanes of at least 4 members (excludes halogenated alkanes) is 4. The summed E-state index contributed by atoms with van der Waals surface area (Å²) in [6.45, 7) is 25.3. The van der Waals surface area contributed by atoms with E-state index in [1.165, 1.54) is 116 Å². The average molecular weight is 926 g/mol. The van der Waals surface area contributed by atoms with E-state index in [1.807, 2.05) is 0 Å². The van der Waals surface area contributed by atoms with Crippen LogP contribution in [0.25, 0.3) is 0 Å². The molecule has 8 rings (SSSR count). The van der Waals surface area contributed by atoms with Crippen LogP contribution in [0.5, 0.6) is 0 Å². The van der Waals surface area contributed by atoms with Gasteiger partial charge in [0, 0.05) is 25.7 Å². The number of rotatable bonds is 20. The first-order valence-corrected chi connectivity index (χ1v) is 29.7. The number of allylic oxidation sites excluding steroid dienone is 2. The molecule has 6 saturated carbocycles. The van der Waals surface area contributed by atoms with E-state index < -0.39 is 0 Å². The fourth-order valence-corrected chi connectivity index (χ4v) is 19.1. The van der Waals surface area contributed by atoms with Crippen molar-refractivity contribution in [3.63, 3.8) is 0 Å². The molecule has 0 bridgehead atoms. The topological polar surface area (TPSA) is 52.6 Å². The van der Waals surface area contributed by atoms with Gasteiger partial charge in [-0.15, -0.1) is 0 Å². The van der Waals surface area contributed by atoms with Crippen molar-refractivity contribution in [3.8, 4) is 0 Å². The van der Waals surface area contributed by atoms with E-state index >= 15 is 0 Å². The van der Waals surface area contributed by atoms with Crippen LogP contribution in [0.4, 0.5) is 0 Å². The van der Waals surface area contributed by atoms with Gasteiger partial charge in [-0.1, -0.05) is 150 Å². The summed E-state index contributed by atoms with van der Waals surface area (Å²) in [5, 5.41) is 0. The molecule has 0 unspecified atom stereocenters. The zero-order chi connectivity index (χ0) is 47.7. The molecule has 0 amide bonds. The maximum absolute atomic E-state index is 13.1. The summed E-state index contributed by atoms with van der Waals surface area (Å²) in [5.74, 6) is 10.2. The average Bonchev–Trinajstić information content (AvgIpc) is 3.83. The first-order valence-electron chi connectivity index (χ1n) is 29.7. The van der Waals surface area contributed by atoms with Gasteiger partial charge in [0.2, 0.25) is 0 Å². The minimum absolute atomic E-state index is 0.00160. The van der Waals surface area contributed by atoms with Crippen LogP contribution in [-0.2, 0) is 19.1 Å². The second-order valence-corrected chi connectivity index (χ2v) is 27.6. The van der Waals surface area contributed by atoms with Crippen LogP contribution in [0.2, 0.25) is 0 Å². The monoisotopic (exact) mass is 925 g/mol. The van der Waals surface area contributed by atoms with Gasteiger partial charge in [0.1, 0.15) is 12.2 Å². The molecule has 0 radical (unpaired) electrons. The number of carbonyl (C=O) groups excluding carboxylic acids is 2. The molecule has 0 spiro atoms. The van der Waals surface area contributed by atoms with Crippen molar-refractivity contribution in [2.24, 2.45) is 92.7 Å². The van der Waals surface area contributed by atoms with Crippen LogP contribution in [0.3, 0.4) is 0 Å². The van der Waals surface area contributed by atoms with Crippen LogP contribution in [0.15, 0.2) is 23.3 Å². The molecule has 0 aromatic carbocycles. The third-order valence-electron chi connectivity index (χ3n) is 22.9. The van der Waals surface area contributed by atoms with Gasteiger partial charge in [-0.3, -0.25) is 9.59 Å². The molecule has 0 saturated heterocycles. The maximum Gasteiger partial charge on any atom is 0.306 e. The fourth-order valence-electron chi connectivity index (χ4n) is 19.1. The lowest BCUT2D eigenvalue weighted by Gasteiger charge is -2.58. The largest absolute Gasteiger partial charge is 0.462 e. The van der Waals surface area contributed by atoms with Gasteiger partial charge in [-0.05, 0) is 195 Å². The Labute approximate surface area is 412 Å². The number of carbonyl (C=O) groups is 2. The molecular weight excluding hydrogens is 821 g/mol. The number of fused-ring (bicyclic) bond motifs is 10. The molecule has 0 N–H and O–H groups in total. The number of ether oxygens (including phenoxy) is 2. The van der Waals surface area contributed by atoms with Crippen molar-refractivity contribution in [1.82, 2.24) is 0 Å².